The second-order valence-corrected chi connectivity index (χ2v) is 3.95. The van der Waals surface area contributed by atoms with E-state index in [-0.39, 0.29) is 6.04 Å². The second kappa shape index (κ2) is 4.11. The highest BCUT2D eigenvalue weighted by Gasteiger charge is 2.17. The Morgan fingerprint density at radius 3 is 2.93 bits per heavy atom. The normalized spacial score (nSPS) is 22.4. The Bertz CT molecular complexity index is 300. The number of rotatable bonds is 1. The molecule has 76 valence electrons. The third-order valence-electron chi connectivity index (χ3n) is 2.40. The first-order chi connectivity index (χ1) is 6.75. The molecule has 1 saturated heterocycles. The minimum atomic E-state index is 0.251. The van der Waals surface area contributed by atoms with Gasteiger partial charge in [-0.2, -0.15) is 0 Å². The Kier molecular flexibility index (Phi) is 2.84. The lowest BCUT2D eigenvalue weighted by Crippen LogP contribution is -2.43. The van der Waals surface area contributed by atoms with Crippen molar-refractivity contribution in [3.63, 3.8) is 0 Å². The molecule has 1 aromatic rings. The van der Waals surface area contributed by atoms with Crippen LogP contribution in [0.2, 0.25) is 5.15 Å². The van der Waals surface area contributed by atoms with Gasteiger partial charge < -0.3 is 10.6 Å². The molecule has 5 heteroatoms. The van der Waals surface area contributed by atoms with E-state index >= 15 is 0 Å². The van der Waals surface area contributed by atoms with E-state index in [9.17, 15) is 0 Å². The lowest BCUT2D eigenvalue weighted by molar-refractivity contribution is 0.502. The zero-order chi connectivity index (χ0) is 9.97. The summed E-state index contributed by atoms with van der Waals surface area (Å²) >= 11 is 5.66. The SMILES string of the molecule is NC1CCCN(c2ccc(Cl)nn2)C1. The zero-order valence-corrected chi connectivity index (χ0v) is 8.61. The van der Waals surface area contributed by atoms with Crippen LogP contribution in [0.3, 0.4) is 0 Å². The molecular weight excluding hydrogens is 200 g/mol. The second-order valence-electron chi connectivity index (χ2n) is 3.56. The van der Waals surface area contributed by atoms with Gasteiger partial charge in [0.05, 0.1) is 0 Å². The highest BCUT2D eigenvalue weighted by Crippen LogP contribution is 2.16. The van der Waals surface area contributed by atoms with Gasteiger partial charge in [-0.15, -0.1) is 10.2 Å². The molecule has 2 N–H and O–H groups in total. The average Bonchev–Trinajstić information content (AvgIpc) is 2.19. The van der Waals surface area contributed by atoms with E-state index in [1.807, 2.05) is 6.07 Å². The molecule has 0 spiro atoms. The van der Waals surface area contributed by atoms with Crippen LogP contribution in [0.5, 0.6) is 0 Å². The van der Waals surface area contributed by atoms with Crippen molar-refractivity contribution < 1.29 is 0 Å². The Hall–Kier alpha value is -0.870. The summed E-state index contributed by atoms with van der Waals surface area (Å²) in [6, 6.07) is 3.89. The van der Waals surface area contributed by atoms with Crippen molar-refractivity contribution in [3.8, 4) is 0 Å². The fourth-order valence-electron chi connectivity index (χ4n) is 1.70. The van der Waals surface area contributed by atoms with Crippen molar-refractivity contribution in [2.45, 2.75) is 18.9 Å². The lowest BCUT2D eigenvalue weighted by atomic mass is 10.1. The van der Waals surface area contributed by atoms with Gasteiger partial charge in [0.15, 0.2) is 11.0 Å². The molecule has 2 heterocycles. The van der Waals surface area contributed by atoms with Crippen molar-refractivity contribution in [1.82, 2.24) is 10.2 Å². The van der Waals surface area contributed by atoms with Gasteiger partial charge >= 0.3 is 0 Å². The van der Waals surface area contributed by atoms with E-state index < -0.39 is 0 Å². The third kappa shape index (κ3) is 2.13. The standard InChI is InChI=1S/C9H13ClN4/c10-8-3-4-9(13-12-8)14-5-1-2-7(11)6-14/h3-4,7H,1-2,5-6,11H2. The molecule has 4 nitrogen and oxygen atoms in total. The van der Waals surface area contributed by atoms with Crippen molar-refractivity contribution in [3.05, 3.63) is 17.3 Å². The van der Waals surface area contributed by atoms with Gasteiger partial charge in [-0.1, -0.05) is 11.6 Å². The van der Waals surface area contributed by atoms with Gasteiger partial charge in [0.1, 0.15) is 0 Å². The van der Waals surface area contributed by atoms with Gasteiger partial charge in [-0.25, -0.2) is 0 Å². The smallest absolute Gasteiger partial charge is 0.151 e. The fraction of sp³-hybridized carbons (Fsp3) is 0.556. The van der Waals surface area contributed by atoms with Crippen molar-refractivity contribution in [2.75, 3.05) is 18.0 Å². The van der Waals surface area contributed by atoms with E-state index in [0.717, 1.165) is 31.7 Å². The molecule has 0 saturated carbocycles. The van der Waals surface area contributed by atoms with Gasteiger partial charge in [0.2, 0.25) is 0 Å². The predicted octanol–water partition coefficient (Wildman–Crippen LogP) is 1.06. The Morgan fingerprint density at radius 2 is 2.29 bits per heavy atom. The maximum absolute atomic E-state index is 5.88. The van der Waals surface area contributed by atoms with Crippen molar-refractivity contribution in [2.24, 2.45) is 5.73 Å². The zero-order valence-electron chi connectivity index (χ0n) is 7.86. The molecule has 0 radical (unpaired) electrons. The van der Waals surface area contributed by atoms with Gasteiger partial charge in [0, 0.05) is 19.1 Å². The van der Waals surface area contributed by atoms with Crippen LogP contribution >= 0.6 is 11.6 Å². The fourth-order valence-corrected chi connectivity index (χ4v) is 1.80. The number of halogens is 1. The molecule has 1 aromatic heterocycles. The summed E-state index contributed by atoms with van der Waals surface area (Å²) < 4.78 is 0. The summed E-state index contributed by atoms with van der Waals surface area (Å²) in [5, 5.41) is 8.26. The highest BCUT2D eigenvalue weighted by molar-refractivity contribution is 6.29. The van der Waals surface area contributed by atoms with E-state index in [1.54, 1.807) is 6.07 Å². The van der Waals surface area contributed by atoms with E-state index in [4.69, 9.17) is 17.3 Å². The molecule has 1 aliphatic rings. The van der Waals surface area contributed by atoms with E-state index in [2.05, 4.69) is 15.1 Å². The maximum Gasteiger partial charge on any atom is 0.151 e. The molecular formula is C9H13ClN4. The molecule has 0 aromatic carbocycles. The number of nitrogens with zero attached hydrogens (tertiary/aromatic N) is 3. The van der Waals surface area contributed by atoms with Gasteiger partial charge in [0.25, 0.3) is 0 Å². The summed E-state index contributed by atoms with van der Waals surface area (Å²) in [6.07, 6.45) is 2.21. The topological polar surface area (TPSA) is 55.0 Å². The number of anilines is 1. The first-order valence-corrected chi connectivity index (χ1v) is 5.13. The molecule has 14 heavy (non-hydrogen) atoms. The minimum Gasteiger partial charge on any atom is -0.354 e. The summed E-state index contributed by atoms with van der Waals surface area (Å²) in [7, 11) is 0. The summed E-state index contributed by atoms with van der Waals surface area (Å²) in [4.78, 5) is 2.15. The Morgan fingerprint density at radius 1 is 1.43 bits per heavy atom. The maximum atomic E-state index is 5.88. The third-order valence-corrected chi connectivity index (χ3v) is 2.60. The number of hydrogen-bond donors (Lipinski definition) is 1. The summed E-state index contributed by atoms with van der Waals surface area (Å²) in [5.41, 5.74) is 5.88. The van der Waals surface area contributed by atoms with E-state index in [0.29, 0.717) is 5.15 Å². The number of aromatic nitrogens is 2. The minimum absolute atomic E-state index is 0.251. The number of nitrogens with two attached hydrogens (primary N) is 1. The molecule has 2 rings (SSSR count). The number of hydrogen-bond acceptors (Lipinski definition) is 4. The molecule has 0 amide bonds. The molecule has 1 atom stereocenters. The quantitative estimate of drug-likeness (QED) is 0.757. The average molecular weight is 213 g/mol. The van der Waals surface area contributed by atoms with Crippen LogP contribution in [-0.2, 0) is 0 Å². The molecule has 0 bridgehead atoms. The van der Waals surface area contributed by atoms with Crippen LogP contribution in [0.1, 0.15) is 12.8 Å². The van der Waals surface area contributed by atoms with Crippen LogP contribution in [-0.4, -0.2) is 29.3 Å². The molecule has 1 aliphatic heterocycles. The number of piperidine rings is 1. The van der Waals surface area contributed by atoms with E-state index in [1.165, 1.54) is 0 Å². The van der Waals surface area contributed by atoms with Crippen LogP contribution in [0.4, 0.5) is 5.82 Å². The summed E-state index contributed by atoms with van der Waals surface area (Å²) in [5.74, 6) is 0.865. The van der Waals surface area contributed by atoms with Gasteiger partial charge in [-0.05, 0) is 25.0 Å². The largest absolute Gasteiger partial charge is 0.354 e. The van der Waals surface area contributed by atoms with Crippen LogP contribution in [0, 0.1) is 0 Å². The molecule has 0 aliphatic carbocycles. The van der Waals surface area contributed by atoms with Crippen LogP contribution < -0.4 is 10.6 Å². The van der Waals surface area contributed by atoms with Crippen LogP contribution in [0.25, 0.3) is 0 Å². The molecule has 1 unspecified atom stereocenters. The predicted molar refractivity (Wildman–Crippen MR) is 56.5 cm³/mol. The van der Waals surface area contributed by atoms with Gasteiger partial charge in [-0.3, -0.25) is 0 Å². The Balaban J connectivity index is 2.10. The van der Waals surface area contributed by atoms with Crippen LogP contribution in [0.15, 0.2) is 12.1 Å². The lowest BCUT2D eigenvalue weighted by Gasteiger charge is -2.31. The molecule has 1 fully saturated rings. The van der Waals surface area contributed by atoms with Crippen molar-refractivity contribution in [1.29, 1.82) is 0 Å². The Labute approximate surface area is 88.1 Å². The highest BCUT2D eigenvalue weighted by atomic mass is 35.5. The first-order valence-electron chi connectivity index (χ1n) is 4.75. The monoisotopic (exact) mass is 212 g/mol. The van der Waals surface area contributed by atoms with Crippen molar-refractivity contribution >= 4 is 17.4 Å². The first kappa shape index (κ1) is 9.68. The summed E-state index contributed by atoms with van der Waals surface area (Å²) in [6.45, 7) is 1.86.